The largest absolute Gasteiger partial charge is 0.346 e. The van der Waals surface area contributed by atoms with Gasteiger partial charge < -0.3 is 14.8 Å². The number of benzene rings is 1. The molecule has 5 heteroatoms. The molecule has 2 unspecified atom stereocenters. The number of amides is 1. The van der Waals surface area contributed by atoms with Crippen LogP contribution in [0.1, 0.15) is 55.9 Å². The van der Waals surface area contributed by atoms with Gasteiger partial charge >= 0.3 is 0 Å². The van der Waals surface area contributed by atoms with E-state index < -0.39 is 11.7 Å². The van der Waals surface area contributed by atoms with E-state index in [0.717, 1.165) is 36.6 Å². The second kappa shape index (κ2) is 7.62. The Balaban J connectivity index is 1.79. The lowest BCUT2D eigenvalue weighted by atomic mass is 9.90. The van der Waals surface area contributed by atoms with Crippen LogP contribution in [0.2, 0.25) is 0 Å². The molecule has 1 N–H and O–H groups in total. The van der Waals surface area contributed by atoms with Gasteiger partial charge in [-0.15, -0.1) is 0 Å². The van der Waals surface area contributed by atoms with Gasteiger partial charge in [0, 0.05) is 35.2 Å². The van der Waals surface area contributed by atoms with Crippen LogP contribution in [-0.4, -0.2) is 47.3 Å². The number of Topliss-reactive ketones (excluding diaryl/α,β-unsaturated/α-hetero) is 1. The molecule has 1 aromatic heterocycles. The van der Waals surface area contributed by atoms with Gasteiger partial charge in [0.15, 0.2) is 0 Å². The molecule has 1 fully saturated rings. The third-order valence-electron chi connectivity index (χ3n) is 5.46. The van der Waals surface area contributed by atoms with E-state index in [4.69, 9.17) is 0 Å². The molecule has 1 saturated carbocycles. The summed E-state index contributed by atoms with van der Waals surface area (Å²) in [6, 6.07) is 8.54. The molecule has 1 aromatic carbocycles. The van der Waals surface area contributed by atoms with E-state index in [9.17, 15) is 9.59 Å². The van der Waals surface area contributed by atoms with E-state index in [-0.39, 0.29) is 12.1 Å². The predicted octanol–water partition coefficient (Wildman–Crippen LogP) is 3.39. The smallest absolute Gasteiger partial charge is 0.292 e. The van der Waals surface area contributed by atoms with Gasteiger partial charge in [0.1, 0.15) is 0 Å². The number of carbonyl (C=O) groups is 2. The van der Waals surface area contributed by atoms with Crippen LogP contribution in [0, 0.1) is 0 Å². The number of ketones is 1. The second-order valence-electron chi connectivity index (χ2n) is 7.84. The number of carbonyl (C=O) groups excluding carboxylic acids is 2. The molecular weight excluding hydrogens is 326 g/mol. The normalized spacial score (nSPS) is 20.7. The first-order chi connectivity index (χ1) is 12.4. The summed E-state index contributed by atoms with van der Waals surface area (Å²) in [6.45, 7) is 4.15. The Labute approximate surface area is 155 Å². The maximum atomic E-state index is 12.8. The van der Waals surface area contributed by atoms with Crippen LogP contribution in [0.4, 0.5) is 0 Å². The monoisotopic (exact) mass is 355 g/mol. The third-order valence-corrected chi connectivity index (χ3v) is 5.46. The zero-order valence-corrected chi connectivity index (χ0v) is 16.2. The number of hydrogen-bond acceptors (Lipinski definition) is 3. The highest BCUT2D eigenvalue weighted by Crippen LogP contribution is 2.26. The van der Waals surface area contributed by atoms with E-state index in [0.29, 0.717) is 11.6 Å². The third kappa shape index (κ3) is 3.68. The minimum atomic E-state index is -0.485. The average molecular weight is 355 g/mol. The first-order valence-corrected chi connectivity index (χ1v) is 9.49. The van der Waals surface area contributed by atoms with Crippen LogP contribution >= 0.6 is 0 Å². The zero-order chi connectivity index (χ0) is 18.8. The minimum absolute atomic E-state index is 0.0750. The van der Waals surface area contributed by atoms with Crippen LogP contribution in [0.15, 0.2) is 30.5 Å². The standard InChI is InChI=1S/C21H29N3O2/c1-14(2)24-13-18(17-10-5-6-11-19(17)24)20(25)21(26)22-15-8-7-9-16(12-15)23(3)4/h5-6,10-11,13-16H,7-9,12H2,1-4H3,(H,22,26). The van der Waals surface area contributed by atoms with Gasteiger partial charge in [-0.05, 0) is 59.7 Å². The quantitative estimate of drug-likeness (QED) is 0.661. The van der Waals surface area contributed by atoms with Crippen LogP contribution < -0.4 is 5.32 Å². The lowest BCUT2D eigenvalue weighted by Gasteiger charge is -2.33. The fourth-order valence-electron chi connectivity index (χ4n) is 3.95. The fraction of sp³-hybridized carbons (Fsp3) is 0.524. The molecule has 1 aliphatic carbocycles. The van der Waals surface area contributed by atoms with Crippen LogP contribution in [0.3, 0.4) is 0 Å². The van der Waals surface area contributed by atoms with Gasteiger partial charge in [-0.1, -0.05) is 18.2 Å². The van der Waals surface area contributed by atoms with Crippen LogP contribution in [-0.2, 0) is 4.79 Å². The number of fused-ring (bicyclic) bond motifs is 1. The van der Waals surface area contributed by atoms with Crippen LogP contribution in [0.5, 0.6) is 0 Å². The molecule has 0 saturated heterocycles. The lowest BCUT2D eigenvalue weighted by Crippen LogP contribution is -2.45. The van der Waals surface area contributed by atoms with Crippen molar-refractivity contribution in [2.45, 2.75) is 57.7 Å². The van der Waals surface area contributed by atoms with Crippen molar-refractivity contribution in [2.75, 3.05) is 14.1 Å². The maximum absolute atomic E-state index is 12.8. The molecule has 26 heavy (non-hydrogen) atoms. The fourth-order valence-corrected chi connectivity index (χ4v) is 3.95. The topological polar surface area (TPSA) is 54.3 Å². The van der Waals surface area contributed by atoms with Crippen molar-refractivity contribution in [3.05, 3.63) is 36.0 Å². The van der Waals surface area contributed by atoms with Crippen molar-refractivity contribution in [3.8, 4) is 0 Å². The number of nitrogens with zero attached hydrogens (tertiary/aromatic N) is 2. The summed E-state index contributed by atoms with van der Waals surface area (Å²) in [7, 11) is 4.14. The Morgan fingerprint density at radius 1 is 1.19 bits per heavy atom. The van der Waals surface area contributed by atoms with E-state index in [1.807, 2.05) is 30.5 Å². The van der Waals surface area contributed by atoms with E-state index in [1.54, 1.807) is 0 Å². The highest BCUT2D eigenvalue weighted by atomic mass is 16.2. The maximum Gasteiger partial charge on any atom is 0.292 e. The number of hydrogen-bond donors (Lipinski definition) is 1. The molecule has 2 atom stereocenters. The molecule has 0 bridgehead atoms. The summed E-state index contributed by atoms with van der Waals surface area (Å²) in [6.07, 6.45) is 5.89. The van der Waals surface area contributed by atoms with Gasteiger partial charge in [-0.25, -0.2) is 0 Å². The summed E-state index contributed by atoms with van der Waals surface area (Å²) in [5.74, 6) is -0.923. The molecule has 140 valence electrons. The SMILES string of the molecule is CC(C)n1cc(C(=O)C(=O)NC2CCCC(N(C)C)C2)c2ccccc21. The Morgan fingerprint density at radius 2 is 1.92 bits per heavy atom. The van der Waals surface area contributed by atoms with Crippen molar-refractivity contribution in [3.63, 3.8) is 0 Å². The Morgan fingerprint density at radius 3 is 2.62 bits per heavy atom. The molecule has 1 aliphatic rings. The van der Waals surface area contributed by atoms with Gasteiger partial charge in [-0.3, -0.25) is 9.59 Å². The van der Waals surface area contributed by atoms with Crippen molar-refractivity contribution >= 4 is 22.6 Å². The number of nitrogens with one attached hydrogen (secondary N) is 1. The average Bonchev–Trinajstić information content (AvgIpc) is 3.01. The van der Waals surface area contributed by atoms with Crippen molar-refractivity contribution in [1.29, 1.82) is 0 Å². The predicted molar refractivity (Wildman–Crippen MR) is 105 cm³/mol. The van der Waals surface area contributed by atoms with Crippen molar-refractivity contribution in [1.82, 2.24) is 14.8 Å². The van der Waals surface area contributed by atoms with Crippen molar-refractivity contribution < 1.29 is 9.59 Å². The summed E-state index contributed by atoms with van der Waals surface area (Å²) in [5.41, 5.74) is 1.48. The number of rotatable bonds is 5. The number of aromatic nitrogens is 1. The van der Waals surface area contributed by atoms with Crippen LogP contribution in [0.25, 0.3) is 10.9 Å². The molecule has 0 radical (unpaired) electrons. The zero-order valence-electron chi connectivity index (χ0n) is 16.2. The van der Waals surface area contributed by atoms with Gasteiger partial charge in [-0.2, -0.15) is 0 Å². The molecule has 1 amide bonds. The van der Waals surface area contributed by atoms with Gasteiger partial charge in [0.25, 0.3) is 11.7 Å². The Kier molecular flexibility index (Phi) is 5.47. The summed E-state index contributed by atoms with van der Waals surface area (Å²) >= 11 is 0. The summed E-state index contributed by atoms with van der Waals surface area (Å²) < 4.78 is 2.05. The van der Waals surface area contributed by atoms with E-state index in [1.165, 1.54) is 0 Å². The van der Waals surface area contributed by atoms with Gasteiger partial charge in [0.05, 0.1) is 5.56 Å². The molecule has 0 aliphatic heterocycles. The Bertz CT molecular complexity index is 807. The Hall–Kier alpha value is -2.14. The lowest BCUT2D eigenvalue weighted by molar-refractivity contribution is -0.118. The highest BCUT2D eigenvalue weighted by Gasteiger charge is 2.28. The second-order valence-corrected chi connectivity index (χ2v) is 7.84. The van der Waals surface area contributed by atoms with Crippen molar-refractivity contribution in [2.24, 2.45) is 0 Å². The summed E-state index contributed by atoms with van der Waals surface area (Å²) in [5, 5.41) is 3.82. The molecular formula is C21H29N3O2. The summed E-state index contributed by atoms with van der Waals surface area (Å²) in [4.78, 5) is 27.7. The molecule has 5 nitrogen and oxygen atoms in total. The first-order valence-electron chi connectivity index (χ1n) is 9.49. The number of para-hydroxylation sites is 1. The van der Waals surface area contributed by atoms with Gasteiger partial charge in [0.2, 0.25) is 0 Å². The van der Waals surface area contributed by atoms with E-state index >= 15 is 0 Å². The molecule has 0 spiro atoms. The molecule has 2 aromatic rings. The molecule has 1 heterocycles. The first kappa shape index (κ1) is 18.6. The highest BCUT2D eigenvalue weighted by molar-refractivity contribution is 6.45. The molecule has 3 rings (SSSR count). The van der Waals surface area contributed by atoms with E-state index in [2.05, 4.69) is 42.7 Å². The minimum Gasteiger partial charge on any atom is -0.346 e.